The summed E-state index contributed by atoms with van der Waals surface area (Å²) in [7, 11) is 0. The maximum atomic E-state index is 13.1. The molecule has 1 aliphatic rings. The zero-order chi connectivity index (χ0) is 23.0. The molecule has 1 aliphatic heterocycles. The molecule has 0 saturated carbocycles. The van der Waals surface area contributed by atoms with E-state index in [1.807, 2.05) is 15.7 Å². The number of amides is 2. The van der Waals surface area contributed by atoms with E-state index in [0.717, 1.165) is 31.6 Å². The van der Waals surface area contributed by atoms with Crippen molar-refractivity contribution in [3.8, 4) is 0 Å². The summed E-state index contributed by atoms with van der Waals surface area (Å²) in [5.41, 5.74) is 2.24. The van der Waals surface area contributed by atoms with E-state index >= 15 is 0 Å². The molecule has 2 heterocycles. The Labute approximate surface area is 192 Å². The zero-order valence-corrected chi connectivity index (χ0v) is 18.5. The van der Waals surface area contributed by atoms with Crippen molar-refractivity contribution in [3.05, 3.63) is 84.2 Å². The van der Waals surface area contributed by atoms with Gasteiger partial charge >= 0.3 is 0 Å². The van der Waals surface area contributed by atoms with E-state index in [2.05, 4.69) is 15.2 Å². The fourth-order valence-electron chi connectivity index (χ4n) is 3.97. The number of hydrogen-bond acceptors (Lipinski definition) is 4. The fraction of sp³-hybridized carbons (Fsp3) is 0.320. The highest BCUT2D eigenvalue weighted by atomic mass is 19.1. The third kappa shape index (κ3) is 6.49. The number of imidazole rings is 1. The number of nitrogens with zero attached hydrogens (tertiary/aromatic N) is 4. The van der Waals surface area contributed by atoms with Gasteiger partial charge in [-0.1, -0.05) is 18.2 Å². The summed E-state index contributed by atoms with van der Waals surface area (Å²) in [6, 6.07) is 13.7. The summed E-state index contributed by atoms with van der Waals surface area (Å²) in [4.78, 5) is 33.5. The van der Waals surface area contributed by atoms with Crippen molar-refractivity contribution in [1.82, 2.24) is 19.4 Å². The van der Waals surface area contributed by atoms with Crippen LogP contribution in [0.4, 0.5) is 10.1 Å². The first-order valence-electron chi connectivity index (χ1n) is 11.2. The summed E-state index contributed by atoms with van der Waals surface area (Å²) in [5, 5.41) is 2.87. The number of aromatic nitrogens is 2. The molecule has 2 amide bonds. The lowest BCUT2D eigenvalue weighted by molar-refractivity contribution is -0.116. The molecule has 0 aliphatic carbocycles. The average Bonchev–Trinajstić information content (AvgIpc) is 3.24. The van der Waals surface area contributed by atoms with E-state index < -0.39 is 0 Å². The van der Waals surface area contributed by atoms with Gasteiger partial charge in [-0.25, -0.2) is 9.37 Å². The van der Waals surface area contributed by atoms with Gasteiger partial charge in [0.2, 0.25) is 5.91 Å². The first kappa shape index (κ1) is 22.7. The van der Waals surface area contributed by atoms with Crippen molar-refractivity contribution in [2.45, 2.75) is 25.9 Å². The van der Waals surface area contributed by atoms with E-state index in [0.29, 0.717) is 37.3 Å². The van der Waals surface area contributed by atoms with Gasteiger partial charge in [0, 0.05) is 69.3 Å². The number of carbonyl (C=O) groups excluding carboxylic acids is 2. The van der Waals surface area contributed by atoms with E-state index in [4.69, 9.17) is 0 Å². The second kappa shape index (κ2) is 10.9. The number of nitrogens with one attached hydrogen (secondary N) is 1. The van der Waals surface area contributed by atoms with Crippen LogP contribution in [0.5, 0.6) is 0 Å². The van der Waals surface area contributed by atoms with Gasteiger partial charge in [0.1, 0.15) is 5.82 Å². The molecule has 2 aromatic carbocycles. The normalized spacial score (nSPS) is 14.6. The highest BCUT2D eigenvalue weighted by Crippen LogP contribution is 2.16. The van der Waals surface area contributed by atoms with Crippen molar-refractivity contribution in [1.29, 1.82) is 0 Å². The predicted molar refractivity (Wildman–Crippen MR) is 124 cm³/mol. The minimum atomic E-state index is -0.233. The van der Waals surface area contributed by atoms with Crippen LogP contribution in [0.2, 0.25) is 0 Å². The molecule has 0 spiro atoms. The second-order valence-electron chi connectivity index (χ2n) is 8.23. The standard InChI is InChI=1S/C25H28FN5O2/c26-22-7-5-20(6-8-22)18-29-11-2-12-31(16-15-29)25(33)21-3-1-4-23(17-21)28-24(32)9-13-30-14-10-27-19-30/h1,3-8,10,14,17,19H,2,9,11-13,15-16,18H2,(H,28,32). The minimum Gasteiger partial charge on any atom is -0.337 e. The highest BCUT2D eigenvalue weighted by Gasteiger charge is 2.21. The third-order valence-electron chi connectivity index (χ3n) is 5.74. The largest absolute Gasteiger partial charge is 0.337 e. The average molecular weight is 450 g/mol. The molecule has 1 aromatic heterocycles. The first-order valence-corrected chi connectivity index (χ1v) is 11.2. The topological polar surface area (TPSA) is 70.5 Å². The van der Waals surface area contributed by atoms with Crippen molar-refractivity contribution >= 4 is 17.5 Å². The quantitative estimate of drug-likeness (QED) is 0.600. The Bertz CT molecular complexity index is 1070. The Morgan fingerprint density at radius 1 is 1.03 bits per heavy atom. The molecule has 0 radical (unpaired) electrons. The molecule has 1 N–H and O–H groups in total. The molecule has 1 saturated heterocycles. The van der Waals surface area contributed by atoms with Crippen LogP contribution in [0.15, 0.2) is 67.3 Å². The monoisotopic (exact) mass is 449 g/mol. The molecular formula is C25H28FN5O2. The Morgan fingerprint density at radius 3 is 2.67 bits per heavy atom. The molecule has 0 unspecified atom stereocenters. The van der Waals surface area contributed by atoms with Gasteiger partial charge in [-0.2, -0.15) is 0 Å². The third-order valence-corrected chi connectivity index (χ3v) is 5.74. The Balaban J connectivity index is 1.31. The summed E-state index contributed by atoms with van der Waals surface area (Å²) < 4.78 is 15.0. The number of halogens is 1. The van der Waals surface area contributed by atoms with Crippen LogP contribution >= 0.6 is 0 Å². The van der Waals surface area contributed by atoms with Crippen molar-refractivity contribution in [3.63, 3.8) is 0 Å². The van der Waals surface area contributed by atoms with Gasteiger partial charge in [-0.05, 0) is 42.3 Å². The van der Waals surface area contributed by atoms with Gasteiger partial charge in [0.05, 0.1) is 6.33 Å². The lowest BCUT2D eigenvalue weighted by Crippen LogP contribution is -2.35. The molecule has 1 fully saturated rings. The Kier molecular flexibility index (Phi) is 7.47. The van der Waals surface area contributed by atoms with Crippen LogP contribution in [-0.4, -0.2) is 57.3 Å². The van der Waals surface area contributed by atoms with Crippen LogP contribution < -0.4 is 5.32 Å². The summed E-state index contributed by atoms with van der Waals surface area (Å²) >= 11 is 0. The molecule has 7 nitrogen and oxygen atoms in total. The molecule has 0 bridgehead atoms. The lowest BCUT2D eigenvalue weighted by Gasteiger charge is -2.22. The molecule has 0 atom stereocenters. The summed E-state index contributed by atoms with van der Waals surface area (Å²) in [6.45, 7) is 4.24. The molecule has 33 heavy (non-hydrogen) atoms. The second-order valence-corrected chi connectivity index (χ2v) is 8.23. The van der Waals surface area contributed by atoms with E-state index in [1.54, 1.807) is 48.9 Å². The van der Waals surface area contributed by atoms with Crippen LogP contribution in [0.1, 0.15) is 28.8 Å². The van der Waals surface area contributed by atoms with Crippen LogP contribution in [-0.2, 0) is 17.9 Å². The Morgan fingerprint density at radius 2 is 1.88 bits per heavy atom. The van der Waals surface area contributed by atoms with Gasteiger partial charge < -0.3 is 14.8 Å². The number of anilines is 1. The number of benzene rings is 2. The molecule has 4 rings (SSSR count). The number of rotatable bonds is 7. The highest BCUT2D eigenvalue weighted by molar-refractivity contribution is 5.97. The van der Waals surface area contributed by atoms with Crippen LogP contribution in [0, 0.1) is 5.82 Å². The summed E-state index contributed by atoms with van der Waals surface area (Å²) in [5.74, 6) is -0.379. The molecule has 3 aromatic rings. The number of carbonyl (C=O) groups is 2. The van der Waals surface area contributed by atoms with Crippen LogP contribution in [0.3, 0.4) is 0 Å². The van der Waals surface area contributed by atoms with E-state index in [-0.39, 0.29) is 17.6 Å². The maximum absolute atomic E-state index is 13.1. The first-order chi connectivity index (χ1) is 16.1. The molecular weight excluding hydrogens is 421 g/mol. The zero-order valence-electron chi connectivity index (χ0n) is 18.5. The van der Waals surface area contributed by atoms with Crippen molar-refractivity contribution in [2.24, 2.45) is 0 Å². The minimum absolute atomic E-state index is 0.0341. The van der Waals surface area contributed by atoms with Gasteiger partial charge in [-0.15, -0.1) is 0 Å². The molecule has 8 heteroatoms. The lowest BCUT2D eigenvalue weighted by atomic mass is 10.1. The van der Waals surface area contributed by atoms with Crippen LogP contribution in [0.25, 0.3) is 0 Å². The maximum Gasteiger partial charge on any atom is 0.253 e. The number of hydrogen-bond donors (Lipinski definition) is 1. The van der Waals surface area contributed by atoms with Crippen molar-refractivity contribution < 1.29 is 14.0 Å². The van der Waals surface area contributed by atoms with Gasteiger partial charge in [0.15, 0.2) is 0 Å². The Hall–Kier alpha value is -3.52. The van der Waals surface area contributed by atoms with E-state index in [9.17, 15) is 14.0 Å². The fourth-order valence-corrected chi connectivity index (χ4v) is 3.97. The predicted octanol–water partition coefficient (Wildman–Crippen LogP) is 3.40. The molecule has 172 valence electrons. The SMILES string of the molecule is O=C(CCn1ccnc1)Nc1cccc(C(=O)N2CCCN(Cc3ccc(F)cc3)CC2)c1. The number of aryl methyl sites for hydroxylation is 1. The van der Waals surface area contributed by atoms with E-state index in [1.165, 1.54) is 12.1 Å². The van der Waals surface area contributed by atoms with Crippen molar-refractivity contribution in [2.75, 3.05) is 31.5 Å². The smallest absolute Gasteiger partial charge is 0.253 e. The van der Waals surface area contributed by atoms with Gasteiger partial charge in [-0.3, -0.25) is 14.5 Å². The summed E-state index contributed by atoms with van der Waals surface area (Å²) in [6.07, 6.45) is 6.36. The van der Waals surface area contributed by atoms with Gasteiger partial charge in [0.25, 0.3) is 5.91 Å².